The van der Waals surface area contributed by atoms with Crippen LogP contribution in [0, 0.1) is 16.7 Å². The van der Waals surface area contributed by atoms with Gasteiger partial charge in [0.1, 0.15) is 0 Å². The first-order valence-corrected chi connectivity index (χ1v) is 12.0. The van der Waals surface area contributed by atoms with Gasteiger partial charge in [0.15, 0.2) is 5.12 Å². The number of thioether (sulfide) groups is 1. The molecule has 6 heteroatoms. The Kier molecular flexibility index (Phi) is 8.52. The molecule has 0 heterocycles. The first-order chi connectivity index (χ1) is 13.4. The summed E-state index contributed by atoms with van der Waals surface area (Å²) >= 11 is 13.6. The van der Waals surface area contributed by atoms with Gasteiger partial charge in [0.05, 0.1) is 15.7 Å². The minimum atomic E-state index is -0.326. The van der Waals surface area contributed by atoms with Gasteiger partial charge in [0.2, 0.25) is 5.91 Å². The maximum atomic E-state index is 13.3. The fourth-order valence-electron chi connectivity index (χ4n) is 3.76. The Morgan fingerprint density at radius 2 is 1.72 bits per heavy atom. The number of carbonyl (C=O) groups is 2. The standard InChI is InChI=1S/C23H33Cl2NO2S/c1-15(2)8-11-23(9-6-7-10-23)21(28)26-18-12-16(24)17(25)13-19(18)29-20(27)14-22(3,4)5/h12-13,15H,6-11,14H2,1-5H3,(H,26,28). The molecule has 1 fully saturated rings. The number of hydrogen-bond donors (Lipinski definition) is 1. The Morgan fingerprint density at radius 1 is 1.14 bits per heavy atom. The lowest BCUT2D eigenvalue weighted by Gasteiger charge is -2.29. The number of halogens is 2. The molecule has 0 radical (unpaired) electrons. The van der Waals surface area contributed by atoms with Crippen LogP contribution in [0.2, 0.25) is 10.0 Å². The third kappa shape index (κ3) is 7.18. The number of benzene rings is 1. The topological polar surface area (TPSA) is 46.2 Å². The third-order valence-electron chi connectivity index (χ3n) is 5.41. The van der Waals surface area contributed by atoms with Crippen LogP contribution >= 0.6 is 35.0 Å². The van der Waals surface area contributed by atoms with Crippen LogP contribution in [0.4, 0.5) is 5.69 Å². The van der Waals surface area contributed by atoms with Crippen LogP contribution in [0.3, 0.4) is 0 Å². The molecule has 0 bridgehead atoms. The molecule has 1 aromatic rings. The molecule has 0 spiro atoms. The predicted molar refractivity (Wildman–Crippen MR) is 125 cm³/mol. The van der Waals surface area contributed by atoms with Crippen LogP contribution in [0.15, 0.2) is 17.0 Å². The Labute approximate surface area is 189 Å². The van der Waals surface area contributed by atoms with Crippen molar-refractivity contribution in [1.29, 1.82) is 0 Å². The fraction of sp³-hybridized carbons (Fsp3) is 0.652. The van der Waals surface area contributed by atoms with Gasteiger partial charge in [-0.25, -0.2) is 0 Å². The highest BCUT2D eigenvalue weighted by atomic mass is 35.5. The smallest absolute Gasteiger partial charge is 0.230 e. The highest BCUT2D eigenvalue weighted by molar-refractivity contribution is 8.13. The molecule has 162 valence electrons. The Morgan fingerprint density at radius 3 is 2.28 bits per heavy atom. The molecule has 0 aliphatic heterocycles. The monoisotopic (exact) mass is 457 g/mol. The number of anilines is 1. The molecule has 2 rings (SSSR count). The summed E-state index contributed by atoms with van der Waals surface area (Å²) in [7, 11) is 0. The second-order valence-corrected chi connectivity index (χ2v) is 11.8. The normalized spacial score (nSPS) is 16.3. The molecule has 0 unspecified atom stereocenters. The van der Waals surface area contributed by atoms with E-state index in [0.717, 1.165) is 50.3 Å². The van der Waals surface area contributed by atoms with Crippen LogP contribution in [0.1, 0.15) is 79.6 Å². The van der Waals surface area contributed by atoms with Gasteiger partial charge in [-0.2, -0.15) is 0 Å². The van der Waals surface area contributed by atoms with Crippen LogP contribution < -0.4 is 5.32 Å². The van der Waals surface area contributed by atoms with E-state index in [1.54, 1.807) is 12.1 Å². The first-order valence-electron chi connectivity index (χ1n) is 10.4. The molecular formula is C23H33Cl2NO2S. The minimum Gasteiger partial charge on any atom is -0.325 e. The summed E-state index contributed by atoms with van der Waals surface area (Å²) < 4.78 is 0. The summed E-state index contributed by atoms with van der Waals surface area (Å²) in [6, 6.07) is 3.35. The lowest BCUT2D eigenvalue weighted by molar-refractivity contribution is -0.126. The Hall–Kier alpha value is -0.710. The van der Waals surface area contributed by atoms with E-state index in [9.17, 15) is 9.59 Å². The largest absolute Gasteiger partial charge is 0.325 e. The Balaban J connectivity index is 2.25. The number of nitrogens with one attached hydrogen (secondary N) is 1. The van der Waals surface area contributed by atoms with Crippen LogP contribution in [0.25, 0.3) is 0 Å². The van der Waals surface area contributed by atoms with Crippen molar-refractivity contribution in [3.63, 3.8) is 0 Å². The van der Waals surface area contributed by atoms with E-state index in [0.29, 0.717) is 33.0 Å². The maximum Gasteiger partial charge on any atom is 0.230 e. The van der Waals surface area contributed by atoms with Gasteiger partial charge in [-0.05, 0) is 60.9 Å². The SMILES string of the molecule is CC(C)CCC1(C(=O)Nc2cc(Cl)c(Cl)cc2SC(=O)CC(C)(C)C)CCCC1. The molecule has 1 aromatic carbocycles. The molecule has 29 heavy (non-hydrogen) atoms. The van der Waals surface area contributed by atoms with Gasteiger partial charge in [-0.3, -0.25) is 9.59 Å². The molecule has 1 aliphatic rings. The van der Waals surface area contributed by atoms with E-state index < -0.39 is 0 Å². The molecule has 1 aliphatic carbocycles. The lowest BCUT2D eigenvalue weighted by Crippen LogP contribution is -2.34. The van der Waals surface area contributed by atoms with Gasteiger partial charge < -0.3 is 5.32 Å². The molecule has 0 aromatic heterocycles. The first kappa shape index (κ1) is 24.6. The summed E-state index contributed by atoms with van der Waals surface area (Å²) in [5.41, 5.74) is 0.148. The van der Waals surface area contributed by atoms with E-state index in [4.69, 9.17) is 23.2 Å². The highest BCUT2D eigenvalue weighted by Gasteiger charge is 2.41. The summed E-state index contributed by atoms with van der Waals surface area (Å²) in [5, 5.41) is 3.89. The van der Waals surface area contributed by atoms with Crippen molar-refractivity contribution in [2.24, 2.45) is 16.7 Å². The molecule has 0 atom stereocenters. The van der Waals surface area contributed by atoms with E-state index in [1.807, 2.05) is 20.8 Å². The quantitative estimate of drug-likeness (QED) is 0.421. The molecule has 0 saturated heterocycles. The molecular weight excluding hydrogens is 425 g/mol. The second-order valence-electron chi connectivity index (χ2n) is 9.85. The highest BCUT2D eigenvalue weighted by Crippen LogP contribution is 2.45. The average Bonchev–Trinajstić information content (AvgIpc) is 3.06. The molecule has 1 N–H and O–H groups in total. The van der Waals surface area contributed by atoms with Crippen molar-refractivity contribution in [3.8, 4) is 0 Å². The van der Waals surface area contributed by atoms with E-state index in [-0.39, 0.29) is 21.9 Å². The summed E-state index contributed by atoms with van der Waals surface area (Å²) in [4.78, 5) is 26.5. The number of rotatable bonds is 7. The number of amides is 1. The molecule has 3 nitrogen and oxygen atoms in total. The van der Waals surface area contributed by atoms with E-state index in [2.05, 4.69) is 19.2 Å². The van der Waals surface area contributed by atoms with Crippen molar-refractivity contribution >= 4 is 51.7 Å². The average molecular weight is 458 g/mol. The maximum absolute atomic E-state index is 13.3. The number of carbonyl (C=O) groups excluding carboxylic acids is 2. The van der Waals surface area contributed by atoms with Gasteiger partial charge >= 0.3 is 0 Å². The zero-order chi connectivity index (χ0) is 21.8. The van der Waals surface area contributed by atoms with Gasteiger partial charge in [0.25, 0.3) is 0 Å². The van der Waals surface area contributed by atoms with Crippen LogP contribution in [0.5, 0.6) is 0 Å². The third-order valence-corrected chi connectivity index (χ3v) is 7.06. The molecule has 1 amide bonds. The lowest BCUT2D eigenvalue weighted by atomic mass is 9.79. The Bertz CT molecular complexity index is 750. The van der Waals surface area contributed by atoms with Gasteiger partial charge in [-0.1, -0.05) is 70.7 Å². The number of hydrogen-bond acceptors (Lipinski definition) is 3. The van der Waals surface area contributed by atoms with Crippen molar-refractivity contribution in [2.45, 2.75) is 84.5 Å². The van der Waals surface area contributed by atoms with Crippen molar-refractivity contribution in [2.75, 3.05) is 5.32 Å². The van der Waals surface area contributed by atoms with E-state index >= 15 is 0 Å². The summed E-state index contributed by atoms with van der Waals surface area (Å²) in [6.07, 6.45) is 6.35. The van der Waals surface area contributed by atoms with Crippen molar-refractivity contribution in [1.82, 2.24) is 0 Å². The zero-order valence-corrected chi connectivity index (χ0v) is 20.5. The van der Waals surface area contributed by atoms with Crippen molar-refractivity contribution < 1.29 is 9.59 Å². The van der Waals surface area contributed by atoms with Crippen LogP contribution in [-0.2, 0) is 9.59 Å². The minimum absolute atomic E-state index is 0.0409. The summed E-state index contributed by atoms with van der Waals surface area (Å²) in [5.74, 6) is 0.602. The van der Waals surface area contributed by atoms with E-state index in [1.165, 1.54) is 0 Å². The van der Waals surface area contributed by atoms with Crippen molar-refractivity contribution in [3.05, 3.63) is 22.2 Å². The van der Waals surface area contributed by atoms with Gasteiger partial charge in [0, 0.05) is 16.7 Å². The summed E-state index contributed by atoms with van der Waals surface area (Å²) in [6.45, 7) is 10.5. The van der Waals surface area contributed by atoms with Gasteiger partial charge in [-0.15, -0.1) is 0 Å². The van der Waals surface area contributed by atoms with Crippen LogP contribution in [-0.4, -0.2) is 11.0 Å². The second kappa shape index (κ2) is 10.1. The predicted octanol–water partition coefficient (Wildman–Crippen LogP) is 7.98. The molecule has 1 saturated carbocycles. The zero-order valence-electron chi connectivity index (χ0n) is 18.2. The fourth-order valence-corrected chi connectivity index (χ4v) is 5.30.